The molecule has 13 heteroatoms. The molecule has 0 bridgehead atoms. The van der Waals surface area contributed by atoms with Crippen LogP contribution in [0.4, 0.5) is 5.13 Å². The van der Waals surface area contributed by atoms with E-state index in [2.05, 4.69) is 20.4 Å². The van der Waals surface area contributed by atoms with Crippen LogP contribution < -0.4 is 10.2 Å². The monoisotopic (exact) mass is 503 g/mol. The Kier molecular flexibility index (Phi) is 7.99. The fourth-order valence-electron chi connectivity index (χ4n) is 3.40. The lowest BCUT2D eigenvalue weighted by Crippen LogP contribution is -2.55. The number of methoxy groups -OCH3 is 1. The summed E-state index contributed by atoms with van der Waals surface area (Å²) in [6.45, 7) is 4.63. The van der Waals surface area contributed by atoms with Crippen LogP contribution in [-0.4, -0.2) is 72.2 Å². The van der Waals surface area contributed by atoms with Gasteiger partial charge in [0.2, 0.25) is 0 Å². The normalized spacial score (nSPS) is 18.8. The molecule has 2 atom stereocenters. The van der Waals surface area contributed by atoms with Crippen LogP contribution in [-0.2, 0) is 9.47 Å². The second-order valence-corrected chi connectivity index (χ2v) is 8.75. The van der Waals surface area contributed by atoms with Crippen molar-refractivity contribution in [2.24, 2.45) is 5.16 Å². The third-order valence-corrected chi connectivity index (χ3v) is 7.07. The summed E-state index contributed by atoms with van der Waals surface area (Å²) in [6.07, 6.45) is 1.32. The smallest absolute Gasteiger partial charge is 0.350 e. The molecule has 0 aromatic carbocycles. The van der Waals surface area contributed by atoms with Crippen LogP contribution in [0.5, 0.6) is 0 Å². The van der Waals surface area contributed by atoms with Crippen molar-refractivity contribution in [3.63, 3.8) is 0 Å². The number of aromatic nitrogens is 2. The molecule has 32 heavy (non-hydrogen) atoms. The van der Waals surface area contributed by atoms with Crippen molar-refractivity contribution < 1.29 is 24.3 Å². The number of halogens is 2. The van der Waals surface area contributed by atoms with Gasteiger partial charge in [-0.3, -0.25) is 4.79 Å². The van der Waals surface area contributed by atoms with Gasteiger partial charge in [0, 0.05) is 25.9 Å². The third kappa shape index (κ3) is 5.01. The first-order chi connectivity index (χ1) is 15.3. The Morgan fingerprint density at radius 1 is 1.44 bits per heavy atom. The molecule has 1 fully saturated rings. The van der Waals surface area contributed by atoms with Crippen molar-refractivity contribution in [2.45, 2.75) is 32.4 Å². The highest BCUT2D eigenvalue weighted by Gasteiger charge is 2.33. The first-order valence-corrected chi connectivity index (χ1v) is 11.3. The molecule has 174 valence electrons. The number of anilines is 1. The Morgan fingerprint density at radius 2 is 2.19 bits per heavy atom. The van der Waals surface area contributed by atoms with E-state index < -0.39 is 5.97 Å². The molecule has 0 radical (unpaired) electrons. The molecule has 0 unspecified atom stereocenters. The number of nitrogens with one attached hydrogen (secondary N) is 2. The van der Waals surface area contributed by atoms with Crippen molar-refractivity contribution in [3.05, 3.63) is 32.0 Å². The van der Waals surface area contributed by atoms with Gasteiger partial charge in [0.1, 0.15) is 16.3 Å². The first-order valence-electron chi connectivity index (χ1n) is 9.78. The van der Waals surface area contributed by atoms with Gasteiger partial charge in [0.15, 0.2) is 5.13 Å². The van der Waals surface area contributed by atoms with Crippen LogP contribution in [0.1, 0.15) is 44.9 Å². The van der Waals surface area contributed by atoms with Crippen LogP contribution in [0, 0.1) is 6.92 Å². The maximum atomic E-state index is 12.7. The number of thiazole rings is 1. The number of aromatic amines is 1. The topological polar surface area (TPSA) is 129 Å². The number of nitrogens with zero attached hydrogens (tertiary/aromatic N) is 3. The highest BCUT2D eigenvalue weighted by atomic mass is 35.5. The number of H-pyrrole nitrogens is 1. The van der Waals surface area contributed by atoms with Crippen LogP contribution in [0.25, 0.3) is 0 Å². The number of ether oxygens (including phenoxy) is 2. The highest BCUT2D eigenvalue weighted by Crippen LogP contribution is 2.31. The summed E-state index contributed by atoms with van der Waals surface area (Å²) in [4.78, 5) is 34.4. The minimum absolute atomic E-state index is 0.181. The zero-order valence-electron chi connectivity index (χ0n) is 17.6. The number of amides is 1. The van der Waals surface area contributed by atoms with E-state index in [-0.39, 0.29) is 45.9 Å². The fraction of sp³-hybridized carbons (Fsp3) is 0.474. The molecule has 3 heterocycles. The molecule has 3 N–H and O–H groups in total. The van der Waals surface area contributed by atoms with E-state index in [9.17, 15) is 9.59 Å². The number of rotatable bonds is 7. The molecular weight excluding hydrogens is 481 g/mol. The first kappa shape index (κ1) is 24.3. The van der Waals surface area contributed by atoms with E-state index in [4.69, 9.17) is 37.9 Å². The van der Waals surface area contributed by atoms with E-state index in [1.807, 2.05) is 4.90 Å². The molecule has 2 aromatic heterocycles. The summed E-state index contributed by atoms with van der Waals surface area (Å²) < 4.78 is 10.7. The van der Waals surface area contributed by atoms with Gasteiger partial charge >= 0.3 is 5.97 Å². The highest BCUT2D eigenvalue weighted by molar-refractivity contribution is 7.17. The van der Waals surface area contributed by atoms with Gasteiger partial charge in [-0.1, -0.05) is 39.7 Å². The average molecular weight is 504 g/mol. The molecule has 10 nitrogen and oxygen atoms in total. The van der Waals surface area contributed by atoms with Crippen molar-refractivity contribution in [1.82, 2.24) is 15.3 Å². The summed E-state index contributed by atoms with van der Waals surface area (Å²) in [5.41, 5.74) is 1.05. The van der Waals surface area contributed by atoms with Crippen LogP contribution >= 0.6 is 34.5 Å². The summed E-state index contributed by atoms with van der Waals surface area (Å²) in [5.74, 6) is -0.904. The molecule has 1 aliphatic rings. The number of oxime groups is 1. The third-order valence-electron chi connectivity index (χ3n) is 5.01. The minimum Gasteiger partial charge on any atom is -0.462 e. The molecular formula is C19H23Cl2N5O5S. The number of carbonyl (C=O) groups is 2. The summed E-state index contributed by atoms with van der Waals surface area (Å²) >= 11 is 13.4. The second kappa shape index (κ2) is 10.5. The quantitative estimate of drug-likeness (QED) is 0.229. The molecule has 3 rings (SSSR count). The average Bonchev–Trinajstić information content (AvgIpc) is 3.31. The standard InChI is InChI=1S/C19H23Cl2N5O5S/c1-4-31-18(28)16-11(7-22-29)25-19(32-16)26-6-5-10(12(8-26)30-3)24-17(27)15-14(21)13(20)9(2)23-15/h7,10,12,23,29H,4-6,8H2,1-3H3,(H,24,27)/b22-7-/t10-,12+/m0/s1. The van der Waals surface area contributed by atoms with Crippen LogP contribution in [0.3, 0.4) is 0 Å². The Morgan fingerprint density at radius 3 is 2.78 bits per heavy atom. The zero-order valence-corrected chi connectivity index (χ0v) is 20.0. The van der Waals surface area contributed by atoms with Crippen LogP contribution in [0.2, 0.25) is 10.0 Å². The Hall–Kier alpha value is -2.34. The van der Waals surface area contributed by atoms with Crippen molar-refractivity contribution in [1.29, 1.82) is 0 Å². The molecule has 1 amide bonds. The van der Waals surface area contributed by atoms with Gasteiger partial charge in [-0.25, -0.2) is 9.78 Å². The van der Waals surface area contributed by atoms with Gasteiger partial charge in [-0.15, -0.1) is 0 Å². The van der Waals surface area contributed by atoms with Crippen molar-refractivity contribution >= 4 is 57.8 Å². The van der Waals surface area contributed by atoms with E-state index in [0.717, 1.165) is 17.6 Å². The Balaban J connectivity index is 1.74. The number of aryl methyl sites for hydroxylation is 1. The number of carbonyl (C=O) groups excluding carboxylic acids is 2. The number of piperidine rings is 1. The molecule has 1 aliphatic heterocycles. The van der Waals surface area contributed by atoms with Gasteiger partial charge in [0.25, 0.3) is 5.91 Å². The largest absolute Gasteiger partial charge is 0.462 e. The van der Waals surface area contributed by atoms with Crippen LogP contribution in [0.15, 0.2) is 5.16 Å². The molecule has 0 aliphatic carbocycles. The fourth-order valence-corrected chi connectivity index (χ4v) is 4.79. The maximum absolute atomic E-state index is 12.7. The Bertz CT molecular complexity index is 1020. The van der Waals surface area contributed by atoms with Gasteiger partial charge in [0.05, 0.1) is 35.0 Å². The molecule has 1 saturated heterocycles. The number of hydrogen-bond acceptors (Lipinski definition) is 9. The molecule has 2 aromatic rings. The van der Waals surface area contributed by atoms with Crippen molar-refractivity contribution in [3.8, 4) is 0 Å². The summed E-state index contributed by atoms with van der Waals surface area (Å²) in [7, 11) is 1.56. The lowest BCUT2D eigenvalue weighted by molar-refractivity contribution is 0.0530. The lowest BCUT2D eigenvalue weighted by Gasteiger charge is -2.37. The summed E-state index contributed by atoms with van der Waals surface area (Å²) in [6, 6.07) is -0.273. The second-order valence-electron chi connectivity index (χ2n) is 7.02. The summed E-state index contributed by atoms with van der Waals surface area (Å²) in [5, 5.41) is 15.9. The van der Waals surface area contributed by atoms with Crippen molar-refractivity contribution in [2.75, 3.05) is 31.7 Å². The van der Waals surface area contributed by atoms with Gasteiger partial charge in [-0.2, -0.15) is 0 Å². The Labute approximate surface area is 198 Å². The van der Waals surface area contributed by atoms with E-state index in [1.165, 1.54) is 0 Å². The predicted molar refractivity (Wildman–Crippen MR) is 122 cm³/mol. The SMILES string of the molecule is CCOC(=O)c1sc(N2CC[C@H](NC(=O)c3[nH]c(C)c(Cl)c3Cl)[C@H](OC)C2)nc1/C=N\O. The van der Waals surface area contributed by atoms with E-state index >= 15 is 0 Å². The van der Waals surface area contributed by atoms with Gasteiger partial charge in [-0.05, 0) is 20.3 Å². The number of hydrogen-bond donors (Lipinski definition) is 3. The minimum atomic E-state index is -0.534. The lowest BCUT2D eigenvalue weighted by atomic mass is 10.0. The van der Waals surface area contributed by atoms with Gasteiger partial charge < -0.3 is 29.9 Å². The molecule has 0 saturated carbocycles. The van der Waals surface area contributed by atoms with E-state index in [1.54, 1.807) is 21.0 Å². The maximum Gasteiger partial charge on any atom is 0.350 e. The van der Waals surface area contributed by atoms with E-state index in [0.29, 0.717) is 35.4 Å². The zero-order chi connectivity index (χ0) is 23.4. The molecule has 0 spiro atoms. The predicted octanol–water partition coefficient (Wildman–Crippen LogP) is 3.09. The number of esters is 1.